The van der Waals surface area contributed by atoms with E-state index in [1.165, 1.54) is 0 Å². The molecule has 0 saturated heterocycles. The Bertz CT molecular complexity index is 254. The molecule has 0 fully saturated rings. The van der Waals surface area contributed by atoms with Crippen LogP contribution in [-0.2, 0) is 0 Å². The summed E-state index contributed by atoms with van der Waals surface area (Å²) in [6.07, 6.45) is 4.02. The molecule has 0 unspecified atom stereocenters. The van der Waals surface area contributed by atoms with Gasteiger partial charge in [-0.05, 0) is 12.2 Å². The maximum absolute atomic E-state index is 4.40. The number of likely N-dealkylation sites (N-methyl/N-ethyl adjacent to an activating group) is 1. The molecule has 0 aromatic carbocycles. The second kappa shape index (κ2) is 2.77. The van der Waals surface area contributed by atoms with Gasteiger partial charge in [-0.2, -0.15) is 5.10 Å². The third-order valence-electron chi connectivity index (χ3n) is 1.88. The molecule has 0 atom stereocenters. The third-order valence-corrected chi connectivity index (χ3v) is 1.88. The Hall–Kier alpha value is -1.05. The predicted octanol–water partition coefficient (Wildman–Crippen LogP) is 2.40. The van der Waals surface area contributed by atoms with E-state index in [0.717, 1.165) is 11.4 Å². The Labute approximate surface area is 74.3 Å². The first-order chi connectivity index (χ1) is 5.41. The van der Waals surface area contributed by atoms with Crippen LogP contribution in [0.4, 0.5) is 0 Å². The lowest BCUT2D eigenvalue weighted by Crippen LogP contribution is -2.25. The molecule has 12 heavy (non-hydrogen) atoms. The maximum atomic E-state index is 4.40. The van der Waals surface area contributed by atoms with Gasteiger partial charge in [-0.3, -0.25) is 5.01 Å². The topological polar surface area (TPSA) is 15.6 Å². The maximum Gasteiger partial charge on any atom is 0.0663 e. The average Bonchev–Trinajstić information content (AvgIpc) is 1.92. The fourth-order valence-electron chi connectivity index (χ4n) is 0.942. The summed E-state index contributed by atoms with van der Waals surface area (Å²) in [5.41, 5.74) is 2.14. The van der Waals surface area contributed by atoms with E-state index in [2.05, 4.69) is 32.5 Å². The molecule has 66 valence electrons. The minimum atomic E-state index is 0.117. The van der Waals surface area contributed by atoms with E-state index < -0.39 is 0 Å². The molecular formula is C10H16N2. The fraction of sp³-hybridized carbons (Fsp3) is 0.500. The molecule has 0 amide bonds. The Morgan fingerprint density at radius 1 is 1.33 bits per heavy atom. The van der Waals surface area contributed by atoms with Crippen LogP contribution in [0.15, 0.2) is 29.5 Å². The summed E-state index contributed by atoms with van der Waals surface area (Å²) < 4.78 is 0. The molecule has 1 aliphatic rings. The van der Waals surface area contributed by atoms with E-state index in [4.69, 9.17) is 0 Å². The lowest BCUT2D eigenvalue weighted by Gasteiger charge is -2.25. The van der Waals surface area contributed by atoms with Gasteiger partial charge >= 0.3 is 0 Å². The molecule has 2 nitrogen and oxygen atoms in total. The molecule has 0 aliphatic carbocycles. The SMILES string of the molecule is C=C1C=CC(C(C)(C)C)=NN1C. The highest BCUT2D eigenvalue weighted by Crippen LogP contribution is 2.21. The third kappa shape index (κ3) is 1.76. The summed E-state index contributed by atoms with van der Waals surface area (Å²) in [5.74, 6) is 0. The predicted molar refractivity (Wildman–Crippen MR) is 52.9 cm³/mol. The first-order valence-corrected chi connectivity index (χ1v) is 4.11. The zero-order valence-electron chi connectivity index (χ0n) is 8.26. The average molecular weight is 164 g/mol. The number of nitrogens with zero attached hydrogens (tertiary/aromatic N) is 2. The van der Waals surface area contributed by atoms with Crippen molar-refractivity contribution in [2.24, 2.45) is 10.5 Å². The minimum Gasteiger partial charge on any atom is -0.269 e. The van der Waals surface area contributed by atoms with Crippen LogP contribution in [0.25, 0.3) is 0 Å². The molecule has 0 aromatic rings. The Kier molecular flexibility index (Phi) is 2.09. The molecule has 1 heterocycles. The summed E-state index contributed by atoms with van der Waals surface area (Å²) in [4.78, 5) is 0. The van der Waals surface area contributed by atoms with Crippen LogP contribution in [0.2, 0.25) is 0 Å². The van der Waals surface area contributed by atoms with Crippen molar-refractivity contribution in [2.75, 3.05) is 7.05 Å². The van der Waals surface area contributed by atoms with Gasteiger partial charge in [-0.1, -0.05) is 27.4 Å². The normalized spacial score (nSPS) is 18.2. The van der Waals surface area contributed by atoms with E-state index in [1.807, 2.05) is 19.2 Å². The number of hydrogen-bond donors (Lipinski definition) is 0. The van der Waals surface area contributed by atoms with Crippen LogP contribution in [0, 0.1) is 5.41 Å². The van der Waals surface area contributed by atoms with Gasteiger partial charge in [0, 0.05) is 12.5 Å². The van der Waals surface area contributed by atoms with E-state index in [1.54, 1.807) is 5.01 Å². The Morgan fingerprint density at radius 2 is 1.92 bits per heavy atom. The largest absolute Gasteiger partial charge is 0.269 e. The van der Waals surface area contributed by atoms with Gasteiger partial charge < -0.3 is 0 Å². The molecule has 0 spiro atoms. The standard InChI is InChI=1S/C10H16N2/c1-8-6-7-9(10(2,3)4)11-12(8)5/h6-7H,1H2,2-5H3. The van der Waals surface area contributed by atoms with Crippen molar-refractivity contribution in [1.29, 1.82) is 0 Å². The summed E-state index contributed by atoms with van der Waals surface area (Å²) in [6, 6.07) is 0. The van der Waals surface area contributed by atoms with Crippen LogP contribution in [0.5, 0.6) is 0 Å². The van der Waals surface area contributed by atoms with Gasteiger partial charge in [0.1, 0.15) is 0 Å². The van der Waals surface area contributed by atoms with Crippen molar-refractivity contribution in [3.8, 4) is 0 Å². The summed E-state index contributed by atoms with van der Waals surface area (Å²) in [6.45, 7) is 10.3. The highest BCUT2D eigenvalue weighted by molar-refractivity contribution is 5.99. The summed E-state index contributed by atoms with van der Waals surface area (Å²) in [7, 11) is 1.91. The highest BCUT2D eigenvalue weighted by Gasteiger charge is 2.19. The van der Waals surface area contributed by atoms with E-state index in [9.17, 15) is 0 Å². The number of hydrazone groups is 1. The van der Waals surface area contributed by atoms with Crippen molar-refractivity contribution in [1.82, 2.24) is 5.01 Å². The molecule has 0 aromatic heterocycles. The van der Waals surface area contributed by atoms with Gasteiger partial charge in [0.05, 0.1) is 11.4 Å². The van der Waals surface area contributed by atoms with Crippen molar-refractivity contribution in [2.45, 2.75) is 20.8 Å². The van der Waals surface area contributed by atoms with Crippen molar-refractivity contribution < 1.29 is 0 Å². The van der Waals surface area contributed by atoms with Crippen LogP contribution in [0.1, 0.15) is 20.8 Å². The fourth-order valence-corrected chi connectivity index (χ4v) is 0.942. The van der Waals surface area contributed by atoms with Crippen molar-refractivity contribution in [3.63, 3.8) is 0 Å². The van der Waals surface area contributed by atoms with E-state index >= 15 is 0 Å². The van der Waals surface area contributed by atoms with Crippen LogP contribution < -0.4 is 0 Å². The lowest BCUT2D eigenvalue weighted by molar-refractivity contribution is 0.443. The minimum absolute atomic E-state index is 0.117. The quantitative estimate of drug-likeness (QED) is 0.537. The lowest BCUT2D eigenvalue weighted by atomic mass is 9.89. The van der Waals surface area contributed by atoms with Crippen LogP contribution in [-0.4, -0.2) is 17.8 Å². The van der Waals surface area contributed by atoms with Crippen molar-refractivity contribution >= 4 is 5.71 Å². The Morgan fingerprint density at radius 3 is 2.33 bits per heavy atom. The molecule has 2 heteroatoms. The molecule has 0 radical (unpaired) electrons. The molecule has 0 N–H and O–H groups in total. The summed E-state index contributed by atoms with van der Waals surface area (Å²) >= 11 is 0. The van der Waals surface area contributed by atoms with E-state index in [-0.39, 0.29) is 5.41 Å². The van der Waals surface area contributed by atoms with Gasteiger partial charge in [-0.25, -0.2) is 0 Å². The molecular weight excluding hydrogens is 148 g/mol. The smallest absolute Gasteiger partial charge is 0.0663 e. The zero-order chi connectivity index (χ0) is 9.35. The Balaban J connectivity index is 2.91. The van der Waals surface area contributed by atoms with Gasteiger partial charge in [0.15, 0.2) is 0 Å². The monoisotopic (exact) mass is 164 g/mol. The number of hydrogen-bond acceptors (Lipinski definition) is 2. The van der Waals surface area contributed by atoms with Gasteiger partial charge in [0.25, 0.3) is 0 Å². The molecule has 0 bridgehead atoms. The van der Waals surface area contributed by atoms with E-state index in [0.29, 0.717) is 0 Å². The second-order valence-corrected chi connectivity index (χ2v) is 4.08. The summed E-state index contributed by atoms with van der Waals surface area (Å²) in [5, 5.41) is 6.20. The highest BCUT2D eigenvalue weighted by atomic mass is 15.4. The number of allylic oxidation sites excluding steroid dienone is 2. The van der Waals surface area contributed by atoms with Crippen LogP contribution in [0.3, 0.4) is 0 Å². The molecule has 1 rings (SSSR count). The first-order valence-electron chi connectivity index (χ1n) is 4.11. The molecule has 1 aliphatic heterocycles. The second-order valence-electron chi connectivity index (χ2n) is 4.08. The van der Waals surface area contributed by atoms with Crippen LogP contribution >= 0.6 is 0 Å². The number of rotatable bonds is 0. The first kappa shape index (κ1) is 9.04. The van der Waals surface area contributed by atoms with Gasteiger partial charge in [0.2, 0.25) is 0 Å². The zero-order valence-corrected chi connectivity index (χ0v) is 8.26. The molecule has 0 saturated carbocycles. The van der Waals surface area contributed by atoms with Crippen molar-refractivity contribution in [3.05, 3.63) is 24.4 Å². The van der Waals surface area contributed by atoms with Gasteiger partial charge in [-0.15, -0.1) is 0 Å².